The summed E-state index contributed by atoms with van der Waals surface area (Å²) in [5, 5.41) is 22.2. The van der Waals surface area contributed by atoms with Gasteiger partial charge < -0.3 is 15.5 Å². The Kier molecular flexibility index (Phi) is 2.45. The fraction of sp³-hybridized carbons (Fsp3) is 0.333. The molecule has 6 nitrogen and oxygen atoms in total. The van der Waals surface area contributed by atoms with Crippen LogP contribution in [-0.2, 0) is 6.54 Å². The molecule has 3 N–H and O–H groups in total. The van der Waals surface area contributed by atoms with Crippen molar-refractivity contribution >= 4 is 11.5 Å². The normalized spacial score (nSPS) is 15.1. The van der Waals surface area contributed by atoms with Gasteiger partial charge in [0.15, 0.2) is 11.6 Å². The Labute approximate surface area is 103 Å². The lowest BCUT2D eigenvalue weighted by atomic mass is 10.3. The van der Waals surface area contributed by atoms with Gasteiger partial charge in [-0.25, -0.2) is 9.78 Å². The number of carboxylic acid groups (broad SMARTS) is 1. The summed E-state index contributed by atoms with van der Waals surface area (Å²) in [6, 6.07) is 5.26. The molecule has 1 aliphatic rings. The molecule has 0 bridgehead atoms. The molecular formula is C12H13N3O3. The summed E-state index contributed by atoms with van der Waals surface area (Å²) in [5.74, 6) is -0.566. The molecule has 6 heteroatoms. The van der Waals surface area contributed by atoms with Gasteiger partial charge in [0, 0.05) is 6.04 Å². The topological polar surface area (TPSA) is 86.9 Å². The average Bonchev–Trinajstić information content (AvgIpc) is 3.07. The zero-order valence-electron chi connectivity index (χ0n) is 9.63. The largest absolute Gasteiger partial charge is 0.494 e. The Bertz CT molecular complexity index is 616. The number of aromatic carboxylic acids is 1. The number of imidazole rings is 1. The van der Waals surface area contributed by atoms with Crippen molar-refractivity contribution in [2.45, 2.75) is 25.4 Å². The molecule has 1 saturated carbocycles. The number of pyridine rings is 1. The van der Waals surface area contributed by atoms with Gasteiger partial charge in [-0.05, 0) is 25.0 Å². The summed E-state index contributed by atoms with van der Waals surface area (Å²) >= 11 is 0. The van der Waals surface area contributed by atoms with Crippen molar-refractivity contribution in [1.29, 1.82) is 0 Å². The first kappa shape index (κ1) is 11.0. The number of rotatable bonds is 4. The van der Waals surface area contributed by atoms with E-state index in [4.69, 9.17) is 5.11 Å². The quantitative estimate of drug-likeness (QED) is 0.750. The minimum Gasteiger partial charge on any atom is -0.494 e. The van der Waals surface area contributed by atoms with E-state index in [-0.39, 0.29) is 11.6 Å². The molecule has 0 aliphatic heterocycles. The molecule has 3 rings (SSSR count). The van der Waals surface area contributed by atoms with Crippen molar-refractivity contribution in [3.63, 3.8) is 0 Å². The number of fused-ring (bicyclic) bond motifs is 1. The van der Waals surface area contributed by atoms with Crippen LogP contribution in [0, 0.1) is 0 Å². The molecule has 0 atom stereocenters. The standard InChI is InChI=1S/C12H13N3O3/c16-10-3-1-2-8-11(12(17)18)14-9(15(8)10)6-13-7-4-5-7/h1-3,7,13,16H,4-6H2,(H,17,18). The maximum atomic E-state index is 11.1. The summed E-state index contributed by atoms with van der Waals surface area (Å²) in [6.45, 7) is 0.455. The van der Waals surface area contributed by atoms with Gasteiger partial charge >= 0.3 is 5.97 Å². The van der Waals surface area contributed by atoms with Crippen LogP contribution in [0.2, 0.25) is 0 Å². The lowest BCUT2D eigenvalue weighted by molar-refractivity contribution is 0.0693. The smallest absolute Gasteiger partial charge is 0.356 e. The van der Waals surface area contributed by atoms with Gasteiger partial charge in [-0.3, -0.25) is 4.40 Å². The monoisotopic (exact) mass is 247 g/mol. The predicted molar refractivity (Wildman–Crippen MR) is 63.7 cm³/mol. The zero-order valence-corrected chi connectivity index (χ0v) is 9.63. The molecular weight excluding hydrogens is 234 g/mol. The second kappa shape index (κ2) is 3.99. The van der Waals surface area contributed by atoms with Crippen LogP contribution in [-0.4, -0.2) is 31.6 Å². The fourth-order valence-electron chi connectivity index (χ4n) is 1.99. The van der Waals surface area contributed by atoms with Crippen molar-refractivity contribution in [1.82, 2.24) is 14.7 Å². The molecule has 2 aromatic rings. The Morgan fingerprint density at radius 3 is 2.94 bits per heavy atom. The first-order valence-electron chi connectivity index (χ1n) is 5.83. The SMILES string of the molecule is O=C(O)c1nc(CNC2CC2)n2c(O)cccc12. The number of nitrogens with zero attached hydrogens (tertiary/aromatic N) is 2. The third-order valence-electron chi connectivity index (χ3n) is 3.04. The van der Waals surface area contributed by atoms with Crippen LogP contribution < -0.4 is 5.32 Å². The number of aromatic hydroxyl groups is 1. The highest BCUT2D eigenvalue weighted by atomic mass is 16.4. The van der Waals surface area contributed by atoms with Gasteiger partial charge in [-0.15, -0.1) is 0 Å². The van der Waals surface area contributed by atoms with E-state index in [1.165, 1.54) is 10.5 Å². The van der Waals surface area contributed by atoms with E-state index in [2.05, 4.69) is 10.3 Å². The minimum atomic E-state index is -1.09. The highest BCUT2D eigenvalue weighted by Gasteiger charge is 2.23. The van der Waals surface area contributed by atoms with Gasteiger partial charge in [-0.2, -0.15) is 0 Å². The highest BCUT2D eigenvalue weighted by Crippen LogP contribution is 2.22. The zero-order chi connectivity index (χ0) is 12.7. The molecule has 0 unspecified atom stereocenters. The minimum absolute atomic E-state index is 0.0000898. The van der Waals surface area contributed by atoms with Gasteiger partial charge in [0.25, 0.3) is 0 Å². The molecule has 0 saturated heterocycles. The number of aromatic nitrogens is 2. The number of nitrogens with one attached hydrogen (secondary N) is 1. The number of hydrogen-bond acceptors (Lipinski definition) is 4. The van der Waals surface area contributed by atoms with Crippen LogP contribution in [0.25, 0.3) is 5.52 Å². The van der Waals surface area contributed by atoms with E-state index in [1.807, 2.05) is 0 Å². The van der Waals surface area contributed by atoms with Gasteiger partial charge in [0.2, 0.25) is 0 Å². The third-order valence-corrected chi connectivity index (χ3v) is 3.04. The van der Waals surface area contributed by atoms with E-state index in [9.17, 15) is 9.90 Å². The van der Waals surface area contributed by atoms with Crippen LogP contribution >= 0.6 is 0 Å². The first-order valence-corrected chi connectivity index (χ1v) is 5.83. The maximum Gasteiger partial charge on any atom is 0.356 e. The Morgan fingerprint density at radius 2 is 2.28 bits per heavy atom. The molecule has 2 aromatic heterocycles. The van der Waals surface area contributed by atoms with Crippen molar-refractivity contribution < 1.29 is 15.0 Å². The summed E-state index contributed by atoms with van der Waals surface area (Å²) < 4.78 is 1.47. The van der Waals surface area contributed by atoms with Crippen LogP contribution in [0.15, 0.2) is 18.2 Å². The van der Waals surface area contributed by atoms with E-state index in [1.54, 1.807) is 12.1 Å². The van der Waals surface area contributed by atoms with Crippen molar-refractivity contribution in [3.05, 3.63) is 29.7 Å². The predicted octanol–water partition coefficient (Wildman–Crippen LogP) is 0.990. The van der Waals surface area contributed by atoms with Gasteiger partial charge in [0.1, 0.15) is 5.82 Å². The highest BCUT2D eigenvalue weighted by molar-refractivity contribution is 5.93. The van der Waals surface area contributed by atoms with Crippen molar-refractivity contribution in [2.24, 2.45) is 0 Å². The Balaban J connectivity index is 2.08. The summed E-state index contributed by atoms with van der Waals surface area (Å²) in [4.78, 5) is 15.2. The Hall–Kier alpha value is -2.08. The second-order valence-electron chi connectivity index (χ2n) is 4.44. The number of carbonyl (C=O) groups is 1. The molecule has 2 heterocycles. The summed E-state index contributed by atoms with van der Waals surface area (Å²) in [5.41, 5.74) is 0.383. The van der Waals surface area contributed by atoms with Crippen LogP contribution in [0.5, 0.6) is 5.88 Å². The Morgan fingerprint density at radius 1 is 1.50 bits per heavy atom. The first-order chi connectivity index (χ1) is 8.66. The lowest BCUT2D eigenvalue weighted by Crippen LogP contribution is -2.17. The molecule has 0 amide bonds. The van der Waals surface area contributed by atoms with E-state index < -0.39 is 5.97 Å². The van der Waals surface area contributed by atoms with Crippen molar-refractivity contribution in [2.75, 3.05) is 0 Å². The fourth-order valence-corrected chi connectivity index (χ4v) is 1.99. The third kappa shape index (κ3) is 1.80. The van der Waals surface area contributed by atoms with Crippen LogP contribution in [0.4, 0.5) is 0 Å². The van der Waals surface area contributed by atoms with E-state index >= 15 is 0 Å². The average molecular weight is 247 g/mol. The molecule has 18 heavy (non-hydrogen) atoms. The van der Waals surface area contributed by atoms with Crippen LogP contribution in [0.1, 0.15) is 29.2 Å². The number of carboxylic acids is 1. The summed E-state index contributed by atoms with van der Waals surface area (Å²) in [7, 11) is 0. The lowest BCUT2D eigenvalue weighted by Gasteiger charge is -2.04. The van der Waals surface area contributed by atoms with E-state index in [0.717, 1.165) is 12.8 Å². The molecule has 94 valence electrons. The van der Waals surface area contributed by atoms with Gasteiger partial charge in [-0.1, -0.05) is 6.07 Å². The molecule has 0 radical (unpaired) electrons. The summed E-state index contributed by atoms with van der Waals surface area (Å²) in [6.07, 6.45) is 2.28. The van der Waals surface area contributed by atoms with Crippen LogP contribution in [0.3, 0.4) is 0 Å². The van der Waals surface area contributed by atoms with Gasteiger partial charge in [0.05, 0.1) is 12.1 Å². The maximum absolute atomic E-state index is 11.1. The molecule has 1 fully saturated rings. The van der Waals surface area contributed by atoms with Crippen molar-refractivity contribution in [3.8, 4) is 5.88 Å². The van der Waals surface area contributed by atoms with E-state index in [0.29, 0.717) is 23.9 Å². The second-order valence-corrected chi connectivity index (χ2v) is 4.44. The molecule has 1 aliphatic carbocycles. The number of hydrogen-bond donors (Lipinski definition) is 3. The molecule has 0 spiro atoms. The molecule has 0 aromatic carbocycles.